The van der Waals surface area contributed by atoms with Crippen LogP contribution in [0.5, 0.6) is 0 Å². The molecule has 0 saturated carbocycles. The first kappa shape index (κ1) is 18.2. The molecule has 26 heavy (non-hydrogen) atoms. The number of amides is 1. The minimum Gasteiger partial charge on any atom is -0.267 e. The van der Waals surface area contributed by atoms with Crippen LogP contribution in [0.1, 0.15) is 22.8 Å². The lowest BCUT2D eigenvalue weighted by Gasteiger charge is -2.06. The van der Waals surface area contributed by atoms with Crippen molar-refractivity contribution in [3.63, 3.8) is 0 Å². The SMILES string of the molecule is C/C(=N/NC(=O)c1ccc(-c2ccccc2)cc1)c1ccc(Cl)c(Cl)c1. The van der Waals surface area contributed by atoms with E-state index in [0.29, 0.717) is 21.3 Å². The summed E-state index contributed by atoms with van der Waals surface area (Å²) in [7, 11) is 0. The van der Waals surface area contributed by atoms with E-state index in [1.54, 1.807) is 37.3 Å². The Morgan fingerprint density at radius 2 is 1.42 bits per heavy atom. The molecule has 3 aromatic rings. The van der Waals surface area contributed by atoms with E-state index in [-0.39, 0.29) is 5.91 Å². The Kier molecular flexibility index (Phi) is 5.71. The van der Waals surface area contributed by atoms with Crippen LogP contribution < -0.4 is 5.43 Å². The number of nitrogens with zero attached hydrogens (tertiary/aromatic N) is 1. The van der Waals surface area contributed by atoms with Crippen molar-refractivity contribution in [2.75, 3.05) is 0 Å². The number of hydrazone groups is 1. The Bertz CT molecular complexity index is 952. The third-order valence-electron chi connectivity index (χ3n) is 3.92. The summed E-state index contributed by atoms with van der Waals surface area (Å²) in [5, 5.41) is 5.06. The van der Waals surface area contributed by atoms with Crippen LogP contribution in [-0.2, 0) is 0 Å². The maximum absolute atomic E-state index is 12.3. The van der Waals surface area contributed by atoms with Crippen LogP contribution in [0.4, 0.5) is 0 Å². The molecule has 0 aromatic heterocycles. The van der Waals surface area contributed by atoms with E-state index < -0.39 is 0 Å². The summed E-state index contributed by atoms with van der Waals surface area (Å²) in [6.45, 7) is 1.79. The minimum atomic E-state index is -0.274. The van der Waals surface area contributed by atoms with Crippen molar-refractivity contribution in [1.82, 2.24) is 5.43 Å². The molecule has 0 aliphatic carbocycles. The van der Waals surface area contributed by atoms with Gasteiger partial charge in [-0.25, -0.2) is 5.43 Å². The molecule has 0 aliphatic heterocycles. The van der Waals surface area contributed by atoms with Gasteiger partial charge in [0.25, 0.3) is 5.91 Å². The fraction of sp³-hybridized carbons (Fsp3) is 0.0476. The molecule has 3 aromatic carbocycles. The van der Waals surface area contributed by atoms with Crippen LogP contribution in [0.2, 0.25) is 10.0 Å². The molecule has 3 nitrogen and oxygen atoms in total. The Morgan fingerprint density at radius 3 is 2.08 bits per heavy atom. The van der Waals surface area contributed by atoms with E-state index >= 15 is 0 Å². The molecule has 0 bridgehead atoms. The second-order valence-corrected chi connectivity index (χ2v) is 6.52. The van der Waals surface area contributed by atoms with Gasteiger partial charge in [-0.15, -0.1) is 0 Å². The van der Waals surface area contributed by atoms with E-state index in [4.69, 9.17) is 23.2 Å². The quantitative estimate of drug-likeness (QED) is 0.448. The normalized spacial score (nSPS) is 11.3. The van der Waals surface area contributed by atoms with Gasteiger partial charge >= 0.3 is 0 Å². The smallest absolute Gasteiger partial charge is 0.267 e. The minimum absolute atomic E-state index is 0.274. The zero-order valence-electron chi connectivity index (χ0n) is 14.0. The molecular weight excluding hydrogens is 367 g/mol. The van der Waals surface area contributed by atoms with Gasteiger partial charge in [0.1, 0.15) is 0 Å². The second kappa shape index (κ2) is 8.17. The van der Waals surface area contributed by atoms with Gasteiger partial charge in [-0.1, -0.05) is 71.7 Å². The Morgan fingerprint density at radius 1 is 0.808 bits per heavy atom. The summed E-state index contributed by atoms with van der Waals surface area (Å²) in [6, 6.07) is 22.6. The number of carbonyl (C=O) groups excluding carboxylic acids is 1. The maximum atomic E-state index is 12.3. The summed E-state index contributed by atoms with van der Waals surface area (Å²) < 4.78 is 0. The number of carbonyl (C=O) groups is 1. The van der Waals surface area contributed by atoms with Crippen LogP contribution >= 0.6 is 23.2 Å². The summed E-state index contributed by atoms with van der Waals surface area (Å²) >= 11 is 11.9. The predicted octanol–water partition coefficient (Wildman–Crippen LogP) is 5.81. The average Bonchev–Trinajstić information content (AvgIpc) is 2.68. The largest absolute Gasteiger partial charge is 0.271 e. The molecule has 0 aliphatic rings. The van der Waals surface area contributed by atoms with Gasteiger partial charge in [-0.2, -0.15) is 5.10 Å². The van der Waals surface area contributed by atoms with Crippen LogP contribution in [0.15, 0.2) is 77.9 Å². The highest BCUT2D eigenvalue weighted by atomic mass is 35.5. The lowest BCUT2D eigenvalue weighted by Crippen LogP contribution is -2.19. The first-order valence-electron chi connectivity index (χ1n) is 8.00. The molecule has 3 rings (SSSR count). The fourth-order valence-corrected chi connectivity index (χ4v) is 2.73. The van der Waals surface area contributed by atoms with Crippen molar-refractivity contribution in [2.24, 2.45) is 5.10 Å². The highest BCUT2D eigenvalue weighted by molar-refractivity contribution is 6.42. The van der Waals surface area contributed by atoms with Crippen LogP contribution in [0, 0.1) is 0 Å². The lowest BCUT2D eigenvalue weighted by molar-refractivity contribution is 0.0955. The van der Waals surface area contributed by atoms with Crippen molar-refractivity contribution in [3.05, 3.63) is 94.0 Å². The molecule has 0 spiro atoms. The topological polar surface area (TPSA) is 41.5 Å². The van der Waals surface area contributed by atoms with Gasteiger partial charge in [0, 0.05) is 5.56 Å². The highest BCUT2D eigenvalue weighted by Gasteiger charge is 2.07. The van der Waals surface area contributed by atoms with Crippen molar-refractivity contribution in [2.45, 2.75) is 6.92 Å². The van der Waals surface area contributed by atoms with Crippen LogP contribution in [0.25, 0.3) is 11.1 Å². The maximum Gasteiger partial charge on any atom is 0.271 e. The zero-order valence-corrected chi connectivity index (χ0v) is 15.6. The monoisotopic (exact) mass is 382 g/mol. The Labute approximate surface area is 162 Å². The molecule has 0 unspecified atom stereocenters. The van der Waals surface area contributed by atoms with E-state index in [1.807, 2.05) is 42.5 Å². The molecule has 5 heteroatoms. The van der Waals surface area contributed by atoms with Gasteiger partial charge in [0.2, 0.25) is 0 Å². The first-order chi connectivity index (χ1) is 12.5. The fourth-order valence-electron chi connectivity index (χ4n) is 2.43. The van der Waals surface area contributed by atoms with E-state index in [1.165, 1.54) is 0 Å². The summed E-state index contributed by atoms with van der Waals surface area (Å²) in [6.07, 6.45) is 0. The van der Waals surface area contributed by atoms with E-state index in [9.17, 15) is 4.79 Å². The number of nitrogens with one attached hydrogen (secondary N) is 1. The van der Waals surface area contributed by atoms with Crippen molar-refractivity contribution < 1.29 is 4.79 Å². The first-order valence-corrected chi connectivity index (χ1v) is 8.76. The third kappa shape index (κ3) is 4.31. The molecule has 0 fully saturated rings. The van der Waals surface area contributed by atoms with Crippen molar-refractivity contribution >= 4 is 34.8 Å². The molecule has 0 saturated heterocycles. The van der Waals surface area contributed by atoms with Crippen LogP contribution in [-0.4, -0.2) is 11.6 Å². The van der Waals surface area contributed by atoms with Gasteiger partial charge in [0.15, 0.2) is 0 Å². The van der Waals surface area contributed by atoms with Crippen molar-refractivity contribution in [3.8, 4) is 11.1 Å². The molecule has 0 radical (unpaired) electrons. The number of halogens is 2. The summed E-state index contributed by atoms with van der Waals surface area (Å²) in [5.41, 5.74) is 6.69. The van der Waals surface area contributed by atoms with Crippen molar-refractivity contribution in [1.29, 1.82) is 0 Å². The summed E-state index contributed by atoms with van der Waals surface area (Å²) in [4.78, 5) is 12.3. The Balaban J connectivity index is 1.70. The zero-order chi connectivity index (χ0) is 18.5. The molecule has 0 atom stereocenters. The molecule has 0 heterocycles. The molecule has 1 N–H and O–H groups in total. The molecule has 1 amide bonds. The average molecular weight is 383 g/mol. The molecule has 130 valence electrons. The number of benzene rings is 3. The predicted molar refractivity (Wildman–Crippen MR) is 108 cm³/mol. The number of hydrogen-bond donors (Lipinski definition) is 1. The molecular formula is C21H16Cl2N2O. The number of hydrogen-bond acceptors (Lipinski definition) is 2. The van der Waals surface area contributed by atoms with Gasteiger partial charge in [0.05, 0.1) is 15.8 Å². The van der Waals surface area contributed by atoms with E-state index in [2.05, 4.69) is 10.5 Å². The van der Waals surface area contributed by atoms with Crippen LogP contribution in [0.3, 0.4) is 0 Å². The number of rotatable bonds is 4. The summed E-state index contributed by atoms with van der Waals surface area (Å²) in [5.74, 6) is -0.274. The third-order valence-corrected chi connectivity index (χ3v) is 4.66. The Hall–Kier alpha value is -2.62. The second-order valence-electron chi connectivity index (χ2n) is 5.71. The van der Waals surface area contributed by atoms with Gasteiger partial charge in [-0.05, 0) is 47.9 Å². The highest BCUT2D eigenvalue weighted by Crippen LogP contribution is 2.23. The van der Waals surface area contributed by atoms with Gasteiger partial charge in [-0.3, -0.25) is 4.79 Å². The lowest BCUT2D eigenvalue weighted by atomic mass is 10.0. The van der Waals surface area contributed by atoms with E-state index in [0.717, 1.165) is 16.7 Å². The van der Waals surface area contributed by atoms with Gasteiger partial charge < -0.3 is 0 Å². The standard InChI is InChI=1S/C21H16Cl2N2O/c1-14(18-11-12-19(22)20(23)13-18)24-25-21(26)17-9-7-16(8-10-17)15-5-3-2-4-6-15/h2-13H,1H3,(H,25,26)/b24-14-.